The van der Waals surface area contributed by atoms with Crippen LogP contribution in [0.2, 0.25) is 0 Å². The molecule has 1 aliphatic rings. The average molecular weight is 292 g/mol. The molecule has 3 N–H and O–H groups in total. The van der Waals surface area contributed by atoms with E-state index in [9.17, 15) is 14.4 Å². The smallest absolute Gasteiger partial charge is 0.326 e. The summed E-state index contributed by atoms with van der Waals surface area (Å²) in [6.45, 7) is 3.32. The minimum absolute atomic E-state index is 0.109. The molecule has 0 bridgehead atoms. The molecule has 0 aliphatic carbocycles. The van der Waals surface area contributed by atoms with Crippen LogP contribution in [0.3, 0.4) is 0 Å². The van der Waals surface area contributed by atoms with Crippen LogP contribution in [0.15, 0.2) is 18.2 Å². The molecule has 1 aromatic carbocycles. The normalized spacial score (nSPS) is 14.7. The number of hydrogen-bond donors (Lipinski definition) is 3. The Morgan fingerprint density at radius 2 is 2.10 bits per heavy atom. The van der Waals surface area contributed by atoms with Crippen molar-refractivity contribution >= 4 is 23.5 Å². The molecule has 112 valence electrons. The van der Waals surface area contributed by atoms with Crippen molar-refractivity contribution in [1.82, 2.24) is 5.32 Å². The van der Waals surface area contributed by atoms with Crippen molar-refractivity contribution < 1.29 is 24.2 Å². The number of nitrogens with one attached hydrogen (secondary N) is 2. The third-order valence-electron chi connectivity index (χ3n) is 3.10. The van der Waals surface area contributed by atoms with Gasteiger partial charge in [-0.25, -0.2) is 4.79 Å². The van der Waals surface area contributed by atoms with E-state index in [4.69, 9.17) is 9.84 Å². The lowest BCUT2D eigenvalue weighted by molar-refractivity contribution is -0.140. The molecular formula is C14H16N2O5. The van der Waals surface area contributed by atoms with Crippen molar-refractivity contribution in [2.24, 2.45) is 5.92 Å². The topological polar surface area (TPSA) is 105 Å². The van der Waals surface area contributed by atoms with Gasteiger partial charge in [-0.3, -0.25) is 9.59 Å². The van der Waals surface area contributed by atoms with Crippen molar-refractivity contribution in [3.63, 3.8) is 0 Å². The number of amides is 2. The number of aliphatic carboxylic acids is 1. The fourth-order valence-corrected chi connectivity index (χ4v) is 1.95. The molecule has 0 saturated heterocycles. The van der Waals surface area contributed by atoms with E-state index in [1.165, 1.54) is 12.1 Å². The molecule has 0 aromatic heterocycles. The quantitative estimate of drug-likeness (QED) is 0.763. The number of anilines is 1. The molecule has 7 heteroatoms. The van der Waals surface area contributed by atoms with Gasteiger partial charge in [0.05, 0.1) is 5.69 Å². The van der Waals surface area contributed by atoms with Crippen molar-refractivity contribution in [1.29, 1.82) is 0 Å². The number of benzene rings is 1. The SMILES string of the molecule is CC(C)C(NC(=O)c1ccc2c(c1)OCC(=O)N2)C(=O)O. The average Bonchev–Trinajstić information content (AvgIpc) is 2.43. The third-order valence-corrected chi connectivity index (χ3v) is 3.10. The molecule has 0 spiro atoms. The summed E-state index contributed by atoms with van der Waals surface area (Å²) in [7, 11) is 0. The van der Waals surface area contributed by atoms with E-state index in [1.807, 2.05) is 0 Å². The lowest BCUT2D eigenvalue weighted by Crippen LogP contribution is -2.44. The Balaban J connectivity index is 2.17. The molecule has 0 saturated carbocycles. The zero-order valence-electron chi connectivity index (χ0n) is 11.7. The molecule has 7 nitrogen and oxygen atoms in total. The third kappa shape index (κ3) is 3.31. The number of ether oxygens (including phenoxy) is 1. The van der Waals surface area contributed by atoms with Crippen molar-refractivity contribution in [3.8, 4) is 5.75 Å². The van der Waals surface area contributed by atoms with E-state index in [1.54, 1.807) is 19.9 Å². The van der Waals surface area contributed by atoms with E-state index in [0.29, 0.717) is 11.4 Å². The summed E-state index contributed by atoms with van der Waals surface area (Å²) in [5.74, 6) is -1.69. The molecule has 1 atom stereocenters. The first-order valence-corrected chi connectivity index (χ1v) is 6.49. The second-order valence-electron chi connectivity index (χ2n) is 5.08. The Labute approximate surface area is 121 Å². The van der Waals surface area contributed by atoms with Gasteiger partial charge >= 0.3 is 5.97 Å². The molecular weight excluding hydrogens is 276 g/mol. The van der Waals surface area contributed by atoms with Crippen molar-refractivity contribution in [3.05, 3.63) is 23.8 Å². The second-order valence-corrected chi connectivity index (χ2v) is 5.08. The molecule has 1 heterocycles. The van der Waals surface area contributed by atoms with Crippen LogP contribution < -0.4 is 15.4 Å². The van der Waals surface area contributed by atoms with Crippen LogP contribution in [0.1, 0.15) is 24.2 Å². The maximum atomic E-state index is 12.1. The largest absolute Gasteiger partial charge is 0.482 e. The van der Waals surface area contributed by atoms with E-state index < -0.39 is 17.9 Å². The highest BCUT2D eigenvalue weighted by molar-refractivity contribution is 6.00. The van der Waals surface area contributed by atoms with Gasteiger partial charge in [-0.2, -0.15) is 0 Å². The zero-order valence-corrected chi connectivity index (χ0v) is 11.7. The Morgan fingerprint density at radius 1 is 1.38 bits per heavy atom. The fraction of sp³-hybridized carbons (Fsp3) is 0.357. The monoisotopic (exact) mass is 292 g/mol. The maximum Gasteiger partial charge on any atom is 0.326 e. The Kier molecular flexibility index (Phi) is 4.11. The van der Waals surface area contributed by atoms with E-state index in [0.717, 1.165) is 0 Å². The van der Waals surface area contributed by atoms with E-state index in [-0.39, 0.29) is 24.0 Å². The lowest BCUT2D eigenvalue weighted by Gasteiger charge is -2.20. The number of carboxylic acids is 1. The lowest BCUT2D eigenvalue weighted by atomic mass is 10.0. The Hall–Kier alpha value is -2.57. The number of carboxylic acid groups (broad SMARTS) is 1. The van der Waals surface area contributed by atoms with Crippen LogP contribution in [-0.2, 0) is 9.59 Å². The first-order valence-electron chi connectivity index (χ1n) is 6.49. The predicted molar refractivity (Wildman–Crippen MR) is 74.3 cm³/mol. The summed E-state index contributed by atoms with van der Waals surface area (Å²) >= 11 is 0. The highest BCUT2D eigenvalue weighted by atomic mass is 16.5. The van der Waals surface area contributed by atoms with Gasteiger partial charge in [0.1, 0.15) is 11.8 Å². The van der Waals surface area contributed by atoms with Gasteiger partial charge in [0.15, 0.2) is 6.61 Å². The van der Waals surface area contributed by atoms with E-state index >= 15 is 0 Å². The standard InChI is InChI=1S/C14H16N2O5/c1-7(2)12(14(19)20)16-13(18)8-3-4-9-10(5-8)21-6-11(17)15-9/h3-5,7,12H,6H2,1-2H3,(H,15,17)(H,16,18)(H,19,20). The van der Waals surface area contributed by atoms with Gasteiger partial charge < -0.3 is 20.5 Å². The minimum atomic E-state index is -1.08. The number of carbonyl (C=O) groups excluding carboxylic acids is 2. The molecule has 0 fully saturated rings. The predicted octanol–water partition coefficient (Wildman–Crippen LogP) is 0.856. The van der Waals surface area contributed by atoms with Gasteiger partial charge in [-0.05, 0) is 24.1 Å². The molecule has 0 radical (unpaired) electrons. The summed E-state index contributed by atoms with van der Waals surface area (Å²) < 4.78 is 5.22. The van der Waals surface area contributed by atoms with Crippen LogP contribution in [0.4, 0.5) is 5.69 Å². The highest BCUT2D eigenvalue weighted by Gasteiger charge is 2.25. The molecule has 2 rings (SSSR count). The van der Waals surface area contributed by atoms with Crippen LogP contribution in [-0.4, -0.2) is 35.5 Å². The Morgan fingerprint density at radius 3 is 2.71 bits per heavy atom. The van der Waals surface area contributed by atoms with Gasteiger partial charge in [0, 0.05) is 5.56 Å². The summed E-state index contributed by atoms with van der Waals surface area (Å²) in [6, 6.07) is 3.56. The Bertz CT molecular complexity index is 597. The van der Waals surface area contributed by atoms with E-state index in [2.05, 4.69) is 10.6 Å². The number of carbonyl (C=O) groups is 3. The number of rotatable bonds is 4. The second kappa shape index (κ2) is 5.82. The summed E-state index contributed by atoms with van der Waals surface area (Å²) in [5, 5.41) is 14.2. The van der Waals surface area contributed by atoms with Gasteiger partial charge in [-0.15, -0.1) is 0 Å². The molecule has 1 aliphatic heterocycles. The molecule has 2 amide bonds. The zero-order chi connectivity index (χ0) is 15.6. The van der Waals surface area contributed by atoms with Gasteiger partial charge in [0.25, 0.3) is 11.8 Å². The van der Waals surface area contributed by atoms with Crippen LogP contribution in [0, 0.1) is 5.92 Å². The number of hydrogen-bond acceptors (Lipinski definition) is 4. The highest BCUT2D eigenvalue weighted by Crippen LogP contribution is 2.28. The molecule has 1 aromatic rings. The van der Waals surface area contributed by atoms with Crippen molar-refractivity contribution in [2.45, 2.75) is 19.9 Å². The van der Waals surface area contributed by atoms with Crippen molar-refractivity contribution in [2.75, 3.05) is 11.9 Å². The molecule has 1 unspecified atom stereocenters. The number of fused-ring (bicyclic) bond motifs is 1. The van der Waals surface area contributed by atoms with Crippen LogP contribution in [0.5, 0.6) is 5.75 Å². The van der Waals surface area contributed by atoms with Crippen LogP contribution in [0.25, 0.3) is 0 Å². The maximum absolute atomic E-state index is 12.1. The molecule has 21 heavy (non-hydrogen) atoms. The summed E-state index contributed by atoms with van der Waals surface area (Å²) in [6.07, 6.45) is 0. The summed E-state index contributed by atoms with van der Waals surface area (Å²) in [4.78, 5) is 34.3. The van der Waals surface area contributed by atoms with Gasteiger partial charge in [-0.1, -0.05) is 13.8 Å². The first-order chi connectivity index (χ1) is 9.88. The summed E-state index contributed by atoms with van der Waals surface area (Å²) in [5.41, 5.74) is 0.762. The minimum Gasteiger partial charge on any atom is -0.482 e. The first kappa shape index (κ1) is 14.8. The van der Waals surface area contributed by atoms with Gasteiger partial charge in [0.2, 0.25) is 0 Å². The van der Waals surface area contributed by atoms with Crippen LogP contribution >= 0.6 is 0 Å². The fourth-order valence-electron chi connectivity index (χ4n) is 1.95.